The zero-order chi connectivity index (χ0) is 44.6. The molecule has 1 fully saturated rings. The van der Waals surface area contributed by atoms with Crippen LogP contribution in [0.3, 0.4) is 0 Å². The second kappa shape index (κ2) is 20.5. The molecule has 3 atom stereocenters. The number of ether oxygens (including phenoxy) is 1. The van der Waals surface area contributed by atoms with Crippen LogP contribution in [0, 0.1) is 11.3 Å². The number of nitrogens with one attached hydrogen (secondary N) is 2. The molecule has 0 aliphatic carbocycles. The molecule has 2 aliphatic heterocycles. The fourth-order valence-electron chi connectivity index (χ4n) is 8.81. The first-order valence-corrected chi connectivity index (χ1v) is 22.3. The van der Waals surface area contributed by atoms with Crippen molar-refractivity contribution in [3.8, 4) is 22.4 Å². The van der Waals surface area contributed by atoms with Gasteiger partial charge in [-0.3, -0.25) is 29.2 Å². The van der Waals surface area contributed by atoms with Gasteiger partial charge in [0.1, 0.15) is 18.1 Å². The van der Waals surface area contributed by atoms with E-state index in [-0.39, 0.29) is 43.7 Å². The van der Waals surface area contributed by atoms with Gasteiger partial charge in [-0.05, 0) is 91.0 Å². The Bertz CT molecular complexity index is 2330. The van der Waals surface area contributed by atoms with Crippen LogP contribution < -0.4 is 10.7 Å². The quantitative estimate of drug-likeness (QED) is 0.115. The zero-order valence-electron chi connectivity index (χ0n) is 37.8. The summed E-state index contributed by atoms with van der Waals surface area (Å²) in [6.07, 6.45) is 7.53. The van der Waals surface area contributed by atoms with E-state index >= 15 is 0 Å². The van der Waals surface area contributed by atoms with E-state index in [9.17, 15) is 19.2 Å². The summed E-state index contributed by atoms with van der Waals surface area (Å²) in [5.41, 5.74) is 11.3. The van der Waals surface area contributed by atoms with Gasteiger partial charge in [0.05, 0.1) is 24.9 Å². The summed E-state index contributed by atoms with van der Waals surface area (Å²) in [4.78, 5) is 70.3. The normalized spacial score (nSPS) is 18.4. The Kier molecular flexibility index (Phi) is 15.2. The van der Waals surface area contributed by atoms with Crippen LogP contribution >= 0.6 is 0 Å². The standard InChI is InChI=1S/C49H64N8O5/c1-9-21-51-31-52-23-20-43(58)55(8)44(32(4)5)46(59)53-41-26-33-14-12-15-35(25-33)36-17-18-42-37(27-36)38(45(56(42)11-3)39-29-50-22-19-34(39)10-2)28-49(6,7)30-62-48(61)40-16-13-24-57(54-40)47(41)60/h12,14-15,17-19,22,25,27,29,32,40-41,44,54H,9-11,13,16,20-21,23-24,26,28,30H2,1-8H3,(H,53,59)/t40-,41-,44-/m0/s1. The van der Waals surface area contributed by atoms with Crippen molar-refractivity contribution in [2.75, 3.05) is 33.3 Å². The molecule has 2 aliphatic rings. The molecule has 2 aromatic carbocycles. The fourth-order valence-corrected chi connectivity index (χ4v) is 8.81. The summed E-state index contributed by atoms with van der Waals surface area (Å²) in [5, 5.41) is 5.63. The minimum absolute atomic E-state index is 0.0875. The Morgan fingerprint density at radius 1 is 1.06 bits per heavy atom. The van der Waals surface area contributed by atoms with Gasteiger partial charge in [0.25, 0.3) is 5.91 Å². The number of aryl methyl sites for hydroxylation is 2. The van der Waals surface area contributed by atoms with Crippen molar-refractivity contribution in [3.63, 3.8) is 0 Å². The first kappa shape index (κ1) is 45.9. The van der Waals surface area contributed by atoms with Crippen molar-refractivity contribution in [2.45, 2.75) is 118 Å². The number of nitrogens with zero attached hydrogens (tertiary/aromatic N) is 6. The largest absolute Gasteiger partial charge is 0.464 e. The van der Waals surface area contributed by atoms with Crippen molar-refractivity contribution >= 4 is 40.6 Å². The number of amides is 3. The van der Waals surface area contributed by atoms with Crippen molar-refractivity contribution in [2.24, 2.45) is 21.3 Å². The average Bonchev–Trinajstić information content (AvgIpc) is 3.57. The number of pyridine rings is 1. The number of carbonyl (C=O) groups excluding carboxylic acids is 4. The zero-order valence-corrected chi connectivity index (χ0v) is 37.8. The Balaban J connectivity index is 1.41. The van der Waals surface area contributed by atoms with E-state index in [4.69, 9.17) is 4.74 Å². The topological polar surface area (TPSA) is 151 Å². The molecule has 0 unspecified atom stereocenters. The number of fused-ring (bicyclic) bond motifs is 6. The van der Waals surface area contributed by atoms with Crippen LogP contribution in [0.25, 0.3) is 33.3 Å². The highest BCUT2D eigenvalue weighted by Crippen LogP contribution is 2.41. The lowest BCUT2D eigenvalue weighted by molar-refractivity contribution is -0.155. The molecule has 2 N–H and O–H groups in total. The van der Waals surface area contributed by atoms with Gasteiger partial charge in [0.15, 0.2) is 0 Å². The number of hydrogen-bond donors (Lipinski definition) is 2. The van der Waals surface area contributed by atoms with Gasteiger partial charge in [-0.2, -0.15) is 0 Å². The summed E-state index contributed by atoms with van der Waals surface area (Å²) in [6, 6.07) is 16.8. The van der Waals surface area contributed by atoms with E-state index in [1.807, 2.05) is 45.3 Å². The molecule has 0 spiro atoms. The summed E-state index contributed by atoms with van der Waals surface area (Å²) < 4.78 is 8.47. The van der Waals surface area contributed by atoms with Gasteiger partial charge in [-0.25, -0.2) is 15.4 Å². The molecule has 13 nitrogen and oxygen atoms in total. The van der Waals surface area contributed by atoms with Crippen LogP contribution in [-0.2, 0) is 49.7 Å². The minimum atomic E-state index is -1.01. The van der Waals surface area contributed by atoms with E-state index < -0.39 is 35.4 Å². The number of benzene rings is 2. The fraction of sp³-hybridized carbons (Fsp3) is 0.510. The third kappa shape index (κ3) is 10.5. The molecule has 4 heterocycles. The van der Waals surface area contributed by atoms with Crippen LogP contribution in [0.5, 0.6) is 0 Å². The van der Waals surface area contributed by atoms with Gasteiger partial charge in [0.2, 0.25) is 11.8 Å². The molecule has 1 saturated heterocycles. The number of carbonyl (C=O) groups is 4. The predicted octanol–water partition coefficient (Wildman–Crippen LogP) is 7.06. The van der Waals surface area contributed by atoms with E-state index in [0.717, 1.165) is 58.2 Å². The number of aromatic nitrogens is 2. The molecule has 13 heteroatoms. The van der Waals surface area contributed by atoms with Crippen LogP contribution in [0.4, 0.5) is 0 Å². The first-order valence-electron chi connectivity index (χ1n) is 22.3. The molecular formula is C49H64N8O5. The highest BCUT2D eigenvalue weighted by molar-refractivity contribution is 5.96. The molecule has 3 amide bonds. The van der Waals surface area contributed by atoms with Crippen LogP contribution in [0.1, 0.15) is 90.8 Å². The molecule has 0 radical (unpaired) electrons. The van der Waals surface area contributed by atoms with Crippen LogP contribution in [-0.4, -0.2) is 101 Å². The van der Waals surface area contributed by atoms with Crippen molar-refractivity contribution in [3.05, 3.63) is 77.6 Å². The Labute approximate surface area is 366 Å². The second-order valence-corrected chi connectivity index (χ2v) is 17.7. The van der Waals surface area contributed by atoms with E-state index in [1.165, 1.54) is 21.0 Å². The predicted molar refractivity (Wildman–Crippen MR) is 244 cm³/mol. The van der Waals surface area contributed by atoms with Crippen molar-refractivity contribution in [1.82, 2.24) is 30.2 Å². The summed E-state index contributed by atoms with van der Waals surface area (Å²) >= 11 is 0. The molecule has 330 valence electrons. The lowest BCUT2D eigenvalue weighted by Gasteiger charge is -2.36. The van der Waals surface area contributed by atoms with Gasteiger partial charge in [-0.1, -0.05) is 71.9 Å². The lowest BCUT2D eigenvalue weighted by Crippen LogP contribution is -2.62. The van der Waals surface area contributed by atoms with Crippen LogP contribution in [0.2, 0.25) is 0 Å². The summed E-state index contributed by atoms with van der Waals surface area (Å²) in [5.74, 6) is -1.75. The number of rotatable bonds is 12. The van der Waals surface area contributed by atoms with Gasteiger partial charge in [0, 0.05) is 73.8 Å². The highest BCUT2D eigenvalue weighted by atomic mass is 16.5. The smallest absolute Gasteiger partial charge is 0.324 e. The van der Waals surface area contributed by atoms with E-state index in [2.05, 4.69) is 100 Å². The summed E-state index contributed by atoms with van der Waals surface area (Å²) in [7, 11) is 1.61. The minimum Gasteiger partial charge on any atom is -0.464 e. The number of likely N-dealkylation sites (N-methyl/N-ethyl adjacent to an activating group) is 1. The Hall–Kier alpha value is -5.65. The molecule has 62 heavy (non-hydrogen) atoms. The number of hydrogen-bond acceptors (Lipinski definition) is 9. The number of aliphatic imine (C=N–C) groups is 2. The Morgan fingerprint density at radius 3 is 2.58 bits per heavy atom. The van der Waals surface area contributed by atoms with E-state index in [0.29, 0.717) is 32.4 Å². The molecule has 2 aromatic heterocycles. The monoisotopic (exact) mass is 844 g/mol. The average molecular weight is 845 g/mol. The third-order valence-corrected chi connectivity index (χ3v) is 12.0. The maximum atomic E-state index is 14.6. The number of cyclic esters (lactones) is 1. The van der Waals surface area contributed by atoms with E-state index in [1.54, 1.807) is 7.05 Å². The Morgan fingerprint density at radius 2 is 1.84 bits per heavy atom. The first-order chi connectivity index (χ1) is 29.8. The van der Waals surface area contributed by atoms with Crippen molar-refractivity contribution in [1.29, 1.82) is 0 Å². The maximum Gasteiger partial charge on any atom is 0.324 e. The third-order valence-electron chi connectivity index (χ3n) is 12.0. The summed E-state index contributed by atoms with van der Waals surface area (Å²) in [6.45, 7) is 16.4. The SMILES string of the molecule is CCCN=C=NCCC(=O)N(C)[C@H](C(=O)N[C@H]1Cc2cccc(c2)-c2ccc3c(c2)c(c(-c2cnccc2CC)n3CC)CC(C)(C)COC(=O)[C@@H]2CCCN(N2)C1=O)C(C)C. The maximum absolute atomic E-state index is 14.6. The van der Waals surface area contributed by atoms with Crippen molar-refractivity contribution < 1.29 is 23.9 Å². The van der Waals surface area contributed by atoms with Crippen LogP contribution in [0.15, 0.2) is 70.9 Å². The lowest BCUT2D eigenvalue weighted by atomic mass is 9.84. The van der Waals surface area contributed by atoms with Gasteiger partial charge < -0.3 is 19.5 Å². The molecule has 0 saturated carbocycles. The van der Waals surface area contributed by atoms with Gasteiger partial charge >= 0.3 is 5.97 Å². The number of hydrazine groups is 1. The molecular weight excluding hydrogens is 781 g/mol. The number of esters is 1. The van der Waals surface area contributed by atoms with Gasteiger partial charge in [-0.15, -0.1) is 0 Å². The molecule has 6 rings (SSSR count). The second-order valence-electron chi connectivity index (χ2n) is 17.7. The molecule has 6 bridgehead atoms. The molecule has 4 aromatic rings. The highest BCUT2D eigenvalue weighted by Gasteiger charge is 2.37.